The van der Waals surface area contributed by atoms with E-state index in [9.17, 15) is 14.7 Å². The molecule has 0 saturated carbocycles. The molecule has 3 aromatic rings. The van der Waals surface area contributed by atoms with Crippen LogP contribution in [0.3, 0.4) is 0 Å². The Balaban J connectivity index is 1.82. The molecule has 6 nitrogen and oxygen atoms in total. The number of nitrogens with one attached hydrogen (secondary N) is 1. The monoisotopic (exact) mass is 413 g/mol. The predicted molar refractivity (Wildman–Crippen MR) is 121 cm³/mol. The second kappa shape index (κ2) is 8.53. The molecular formula is C25H23N3O3. The van der Waals surface area contributed by atoms with Crippen molar-refractivity contribution in [2.45, 2.75) is 12.5 Å². The van der Waals surface area contributed by atoms with E-state index in [1.54, 1.807) is 6.07 Å². The summed E-state index contributed by atoms with van der Waals surface area (Å²) in [6, 6.07) is 22.3. The van der Waals surface area contributed by atoms with Crippen LogP contribution in [0.15, 0.2) is 77.8 Å². The molecule has 1 atom stereocenters. The second-order valence-electron chi connectivity index (χ2n) is 7.80. The minimum Gasteiger partial charge on any atom is -0.478 e. The summed E-state index contributed by atoms with van der Waals surface area (Å²) in [7, 11) is 4.02. The van der Waals surface area contributed by atoms with E-state index in [0.29, 0.717) is 11.4 Å². The molecule has 0 bridgehead atoms. The first-order valence-electron chi connectivity index (χ1n) is 9.98. The van der Waals surface area contributed by atoms with Gasteiger partial charge in [0.2, 0.25) is 5.91 Å². The van der Waals surface area contributed by atoms with Gasteiger partial charge in [-0.3, -0.25) is 9.79 Å². The van der Waals surface area contributed by atoms with Gasteiger partial charge in [-0.05, 0) is 55.1 Å². The minimum atomic E-state index is -1.03. The Labute approximate surface area is 180 Å². The van der Waals surface area contributed by atoms with Gasteiger partial charge in [0.25, 0.3) is 0 Å². The van der Waals surface area contributed by atoms with Gasteiger partial charge in [-0.2, -0.15) is 0 Å². The average molecular weight is 413 g/mol. The summed E-state index contributed by atoms with van der Waals surface area (Å²) in [4.78, 5) is 31.3. The van der Waals surface area contributed by atoms with Crippen LogP contribution in [-0.2, 0) is 11.3 Å². The molecule has 0 saturated heterocycles. The van der Waals surface area contributed by atoms with Gasteiger partial charge in [0, 0.05) is 12.2 Å². The van der Waals surface area contributed by atoms with Crippen LogP contribution in [0.4, 0.5) is 11.4 Å². The summed E-state index contributed by atoms with van der Waals surface area (Å²) >= 11 is 0. The van der Waals surface area contributed by atoms with Gasteiger partial charge >= 0.3 is 5.97 Å². The lowest BCUT2D eigenvalue weighted by Gasteiger charge is -2.15. The maximum atomic E-state index is 13.0. The second-order valence-corrected chi connectivity index (χ2v) is 7.80. The number of hydrogen-bond donors (Lipinski definition) is 2. The van der Waals surface area contributed by atoms with Crippen molar-refractivity contribution in [1.29, 1.82) is 0 Å². The maximum Gasteiger partial charge on any atom is 0.335 e. The zero-order chi connectivity index (χ0) is 22.0. The van der Waals surface area contributed by atoms with Crippen molar-refractivity contribution in [3.05, 3.63) is 95.1 Å². The Morgan fingerprint density at radius 3 is 2.48 bits per heavy atom. The maximum absolute atomic E-state index is 13.0. The van der Waals surface area contributed by atoms with Crippen molar-refractivity contribution >= 4 is 29.0 Å². The first-order chi connectivity index (χ1) is 14.9. The normalized spacial score (nSPS) is 15.6. The Morgan fingerprint density at radius 1 is 1.00 bits per heavy atom. The predicted octanol–water partition coefficient (Wildman–Crippen LogP) is 4.30. The third kappa shape index (κ3) is 4.39. The van der Waals surface area contributed by atoms with Crippen LogP contribution in [0, 0.1) is 0 Å². The van der Waals surface area contributed by atoms with E-state index in [0.717, 1.165) is 28.9 Å². The molecule has 0 radical (unpaired) electrons. The van der Waals surface area contributed by atoms with Crippen molar-refractivity contribution in [2.75, 3.05) is 19.4 Å². The number of hydrogen-bond acceptors (Lipinski definition) is 4. The van der Waals surface area contributed by atoms with E-state index in [4.69, 9.17) is 4.99 Å². The van der Waals surface area contributed by atoms with Gasteiger partial charge in [0.15, 0.2) is 0 Å². The van der Waals surface area contributed by atoms with E-state index < -0.39 is 11.9 Å². The summed E-state index contributed by atoms with van der Waals surface area (Å²) in [5, 5.41) is 12.1. The van der Waals surface area contributed by atoms with Gasteiger partial charge in [-0.1, -0.05) is 48.5 Å². The van der Waals surface area contributed by atoms with Crippen molar-refractivity contribution < 1.29 is 14.7 Å². The quantitative estimate of drug-likeness (QED) is 0.590. The van der Waals surface area contributed by atoms with Crippen LogP contribution >= 0.6 is 0 Å². The van der Waals surface area contributed by atoms with Crippen molar-refractivity contribution in [3.63, 3.8) is 0 Å². The van der Waals surface area contributed by atoms with Crippen LogP contribution in [0.5, 0.6) is 0 Å². The molecule has 0 spiro atoms. The highest BCUT2D eigenvalue weighted by molar-refractivity contribution is 6.24. The smallest absolute Gasteiger partial charge is 0.335 e. The molecule has 1 unspecified atom stereocenters. The van der Waals surface area contributed by atoms with E-state index in [-0.39, 0.29) is 11.5 Å². The highest BCUT2D eigenvalue weighted by Crippen LogP contribution is 2.37. The first kappa shape index (κ1) is 20.5. The zero-order valence-corrected chi connectivity index (χ0v) is 17.4. The molecule has 156 valence electrons. The van der Waals surface area contributed by atoms with Gasteiger partial charge < -0.3 is 15.3 Å². The van der Waals surface area contributed by atoms with Crippen molar-refractivity contribution in [3.8, 4) is 0 Å². The van der Waals surface area contributed by atoms with Crippen LogP contribution < -0.4 is 5.32 Å². The highest BCUT2D eigenvalue weighted by atomic mass is 16.4. The van der Waals surface area contributed by atoms with Crippen LogP contribution in [0.2, 0.25) is 0 Å². The van der Waals surface area contributed by atoms with E-state index in [1.165, 1.54) is 12.1 Å². The number of amides is 1. The molecule has 0 fully saturated rings. The molecule has 6 heteroatoms. The molecule has 1 amide bonds. The van der Waals surface area contributed by atoms with Crippen LogP contribution in [0.25, 0.3) is 0 Å². The molecule has 1 aliphatic rings. The van der Waals surface area contributed by atoms with Gasteiger partial charge in [0.1, 0.15) is 5.92 Å². The fraction of sp³-hybridized carbons (Fsp3) is 0.160. The molecule has 2 N–H and O–H groups in total. The number of carbonyl (C=O) groups is 2. The molecule has 0 aromatic heterocycles. The molecule has 31 heavy (non-hydrogen) atoms. The fourth-order valence-electron chi connectivity index (χ4n) is 3.80. The zero-order valence-electron chi connectivity index (χ0n) is 17.4. The van der Waals surface area contributed by atoms with E-state index in [1.807, 2.05) is 68.7 Å². The number of fused-ring (bicyclic) bond motifs is 1. The summed E-state index contributed by atoms with van der Waals surface area (Å²) in [6.07, 6.45) is 0. The molecule has 4 rings (SSSR count). The number of carboxylic acids is 1. The van der Waals surface area contributed by atoms with E-state index in [2.05, 4.69) is 10.2 Å². The lowest BCUT2D eigenvalue weighted by molar-refractivity contribution is -0.115. The summed E-state index contributed by atoms with van der Waals surface area (Å²) in [6.45, 7) is 0.786. The minimum absolute atomic E-state index is 0.134. The van der Waals surface area contributed by atoms with Gasteiger partial charge in [0.05, 0.1) is 17.0 Å². The number of benzene rings is 3. The highest BCUT2D eigenvalue weighted by Gasteiger charge is 2.35. The summed E-state index contributed by atoms with van der Waals surface area (Å²) in [5.74, 6) is -1.88. The lowest BCUT2D eigenvalue weighted by Crippen LogP contribution is -2.22. The number of nitrogens with zero attached hydrogens (tertiary/aromatic N) is 2. The average Bonchev–Trinajstić information content (AvgIpc) is 3.07. The lowest BCUT2D eigenvalue weighted by atomic mass is 9.90. The molecular weight excluding hydrogens is 390 g/mol. The van der Waals surface area contributed by atoms with Crippen LogP contribution in [-0.4, -0.2) is 41.7 Å². The molecule has 3 aromatic carbocycles. The summed E-state index contributed by atoms with van der Waals surface area (Å²) in [5.41, 5.74) is 4.73. The third-order valence-corrected chi connectivity index (χ3v) is 5.13. The number of aromatic carboxylic acids is 1. The van der Waals surface area contributed by atoms with Crippen LogP contribution in [0.1, 0.15) is 33.0 Å². The summed E-state index contributed by atoms with van der Waals surface area (Å²) < 4.78 is 0. The molecule has 1 heterocycles. The fourth-order valence-corrected chi connectivity index (χ4v) is 3.80. The number of anilines is 1. The number of rotatable bonds is 6. The largest absolute Gasteiger partial charge is 0.478 e. The number of carbonyl (C=O) groups excluding carboxylic acids is 1. The standard InChI is InChI=1S/C25H23N3O3/c1-28(2)15-16-7-6-10-19(13-16)26-23(17-8-4-3-5-9-17)22-20-12-11-18(25(30)31)14-21(20)27-24(22)29/h3-14,22H,15H2,1-2H3,(H,27,29)(H,30,31). The Kier molecular flexibility index (Phi) is 5.64. The Bertz CT molecular complexity index is 1170. The topological polar surface area (TPSA) is 82.0 Å². The van der Waals surface area contributed by atoms with Gasteiger partial charge in [-0.25, -0.2) is 4.79 Å². The Morgan fingerprint density at radius 2 is 1.77 bits per heavy atom. The molecule has 0 aliphatic carbocycles. The third-order valence-electron chi connectivity index (χ3n) is 5.13. The first-order valence-corrected chi connectivity index (χ1v) is 9.98. The molecule has 1 aliphatic heterocycles. The number of aliphatic imine (C=N–C) groups is 1. The van der Waals surface area contributed by atoms with Crippen molar-refractivity contribution in [1.82, 2.24) is 4.90 Å². The van der Waals surface area contributed by atoms with E-state index >= 15 is 0 Å². The Hall–Kier alpha value is -3.77. The van der Waals surface area contributed by atoms with Gasteiger partial charge in [-0.15, -0.1) is 0 Å². The number of carboxylic acid groups (broad SMARTS) is 1. The SMILES string of the molecule is CN(C)Cc1cccc(N=C(c2ccccc2)C2C(=O)Nc3cc(C(=O)O)ccc32)c1. The van der Waals surface area contributed by atoms with Crippen molar-refractivity contribution in [2.24, 2.45) is 4.99 Å².